The molecule has 0 saturated carbocycles. The van der Waals surface area contributed by atoms with Crippen molar-refractivity contribution in [2.45, 2.75) is 6.54 Å². The molecule has 9 nitrogen and oxygen atoms in total. The van der Waals surface area contributed by atoms with Crippen LogP contribution in [0.1, 0.15) is 21.5 Å². The van der Waals surface area contributed by atoms with E-state index in [-0.39, 0.29) is 17.6 Å². The third-order valence-corrected chi connectivity index (χ3v) is 6.05. The zero-order valence-corrected chi connectivity index (χ0v) is 19.1. The maximum Gasteiger partial charge on any atom is 0.318 e. The number of ketones is 1. The monoisotopic (exact) mass is 462 g/mol. The quantitative estimate of drug-likeness (QED) is 0.502. The van der Waals surface area contributed by atoms with E-state index in [9.17, 15) is 9.59 Å². The van der Waals surface area contributed by atoms with Gasteiger partial charge in [-0.15, -0.1) is 0 Å². The van der Waals surface area contributed by atoms with Crippen LogP contribution < -0.4 is 20.1 Å². The fourth-order valence-corrected chi connectivity index (χ4v) is 4.26. The number of urea groups is 1. The first-order valence-corrected chi connectivity index (χ1v) is 11.1. The first-order chi connectivity index (χ1) is 16.6. The van der Waals surface area contributed by atoms with E-state index in [4.69, 9.17) is 14.2 Å². The van der Waals surface area contributed by atoms with Gasteiger partial charge >= 0.3 is 6.03 Å². The van der Waals surface area contributed by atoms with Gasteiger partial charge in [-0.2, -0.15) is 0 Å². The maximum absolute atomic E-state index is 13.0. The minimum atomic E-state index is -0.359. The van der Waals surface area contributed by atoms with E-state index >= 15 is 0 Å². The fourth-order valence-electron chi connectivity index (χ4n) is 4.26. The number of aromatic amines is 1. The van der Waals surface area contributed by atoms with Crippen molar-refractivity contribution >= 4 is 34.5 Å². The Morgan fingerprint density at radius 1 is 1.24 bits per heavy atom. The number of benzene rings is 2. The molecule has 3 aromatic rings. The Kier molecular flexibility index (Phi) is 5.95. The summed E-state index contributed by atoms with van der Waals surface area (Å²) < 4.78 is 16.9. The number of hydrogen-bond acceptors (Lipinski definition) is 6. The predicted octanol–water partition coefficient (Wildman–Crippen LogP) is 3.38. The van der Waals surface area contributed by atoms with E-state index < -0.39 is 0 Å². The topological polar surface area (TPSA) is 105 Å². The molecule has 34 heavy (non-hydrogen) atoms. The number of hydrogen-bond donors (Lipinski definition) is 3. The van der Waals surface area contributed by atoms with E-state index in [2.05, 4.69) is 20.5 Å². The molecule has 2 aliphatic rings. The Morgan fingerprint density at radius 3 is 2.82 bits per heavy atom. The molecule has 0 radical (unpaired) electrons. The Hall–Kier alpha value is -3.82. The fraction of sp³-hybridized carbons (Fsp3) is 0.280. The SMILES string of the molecule is CNC(=O)Nc1ccc2c(c1)C(=O)/C(=C/c1c[nH]c3c(CN4CCOCC4)cc(OC)cc13)O2. The third kappa shape index (κ3) is 4.23. The third-order valence-electron chi connectivity index (χ3n) is 6.05. The van der Waals surface area contributed by atoms with Gasteiger partial charge in [0.25, 0.3) is 0 Å². The lowest BCUT2D eigenvalue weighted by molar-refractivity contribution is 0.0343. The Labute approximate surface area is 196 Å². The van der Waals surface area contributed by atoms with Crippen molar-refractivity contribution in [2.24, 2.45) is 0 Å². The summed E-state index contributed by atoms with van der Waals surface area (Å²) in [5.74, 6) is 1.21. The molecule has 1 saturated heterocycles. The molecular weight excluding hydrogens is 436 g/mol. The highest BCUT2D eigenvalue weighted by molar-refractivity contribution is 6.15. The Morgan fingerprint density at radius 2 is 2.06 bits per heavy atom. The van der Waals surface area contributed by atoms with Crippen molar-refractivity contribution in [3.05, 3.63) is 59.0 Å². The van der Waals surface area contributed by atoms with Crippen LogP contribution in [0.25, 0.3) is 17.0 Å². The number of allylic oxidation sites excluding steroid dienone is 1. The summed E-state index contributed by atoms with van der Waals surface area (Å²) in [5.41, 5.74) is 3.87. The molecule has 2 aromatic carbocycles. The van der Waals surface area contributed by atoms with Gasteiger partial charge in [0.1, 0.15) is 11.5 Å². The van der Waals surface area contributed by atoms with Crippen LogP contribution in [-0.2, 0) is 11.3 Å². The summed E-state index contributed by atoms with van der Waals surface area (Å²) in [5, 5.41) is 6.11. The molecule has 0 spiro atoms. The lowest BCUT2D eigenvalue weighted by atomic mass is 10.1. The first kappa shape index (κ1) is 22.0. The van der Waals surface area contributed by atoms with Gasteiger partial charge in [-0.25, -0.2) is 4.79 Å². The second kappa shape index (κ2) is 9.20. The molecule has 2 amide bonds. The average Bonchev–Trinajstić information content (AvgIpc) is 3.40. The highest BCUT2D eigenvalue weighted by atomic mass is 16.5. The summed E-state index contributed by atoms with van der Waals surface area (Å²) in [6.45, 7) is 4.00. The van der Waals surface area contributed by atoms with Crippen LogP contribution in [0.2, 0.25) is 0 Å². The number of ether oxygens (including phenoxy) is 3. The number of amides is 2. The van der Waals surface area contributed by atoms with Crippen molar-refractivity contribution in [1.29, 1.82) is 0 Å². The number of fused-ring (bicyclic) bond motifs is 2. The second-order valence-electron chi connectivity index (χ2n) is 8.20. The largest absolute Gasteiger partial charge is 0.497 e. The Balaban J connectivity index is 1.46. The molecule has 1 aromatic heterocycles. The van der Waals surface area contributed by atoms with Gasteiger partial charge in [-0.1, -0.05) is 0 Å². The minimum absolute atomic E-state index is 0.227. The van der Waals surface area contributed by atoms with Gasteiger partial charge in [0, 0.05) is 49.5 Å². The molecule has 176 valence electrons. The molecule has 3 heterocycles. The van der Waals surface area contributed by atoms with Crippen molar-refractivity contribution in [3.8, 4) is 11.5 Å². The van der Waals surface area contributed by atoms with Crippen molar-refractivity contribution in [2.75, 3.05) is 45.8 Å². The highest BCUT2D eigenvalue weighted by Crippen LogP contribution is 2.36. The molecule has 9 heteroatoms. The van der Waals surface area contributed by atoms with Crippen molar-refractivity contribution < 1.29 is 23.8 Å². The number of aromatic nitrogens is 1. The van der Waals surface area contributed by atoms with Crippen LogP contribution in [-0.4, -0.2) is 62.2 Å². The van der Waals surface area contributed by atoms with Crippen molar-refractivity contribution in [1.82, 2.24) is 15.2 Å². The van der Waals surface area contributed by atoms with Crippen LogP contribution in [0.3, 0.4) is 0 Å². The number of Topliss-reactive ketones (excluding diaryl/α,β-unsaturated/α-hetero) is 1. The zero-order valence-electron chi connectivity index (χ0n) is 19.1. The summed E-state index contributed by atoms with van der Waals surface area (Å²) in [6.07, 6.45) is 3.61. The molecule has 0 atom stereocenters. The smallest absolute Gasteiger partial charge is 0.318 e. The van der Waals surface area contributed by atoms with Crippen molar-refractivity contribution in [3.63, 3.8) is 0 Å². The maximum atomic E-state index is 13.0. The van der Waals surface area contributed by atoms with Gasteiger partial charge in [-0.05, 0) is 42.0 Å². The van der Waals surface area contributed by atoms with E-state index in [0.29, 0.717) is 17.0 Å². The van der Waals surface area contributed by atoms with Gasteiger partial charge in [0.15, 0.2) is 5.76 Å². The van der Waals surface area contributed by atoms with Crippen LogP contribution in [0.5, 0.6) is 11.5 Å². The highest BCUT2D eigenvalue weighted by Gasteiger charge is 2.28. The number of carbonyl (C=O) groups excluding carboxylic acids is 2. The first-order valence-electron chi connectivity index (χ1n) is 11.1. The summed E-state index contributed by atoms with van der Waals surface area (Å²) in [7, 11) is 3.18. The number of rotatable bonds is 5. The van der Waals surface area contributed by atoms with Gasteiger partial charge in [-0.3, -0.25) is 9.69 Å². The second-order valence-corrected chi connectivity index (χ2v) is 8.20. The van der Waals surface area contributed by atoms with E-state index in [1.54, 1.807) is 31.4 Å². The number of nitrogens with one attached hydrogen (secondary N) is 3. The minimum Gasteiger partial charge on any atom is -0.497 e. The number of methoxy groups -OCH3 is 1. The predicted molar refractivity (Wildman–Crippen MR) is 128 cm³/mol. The number of H-pyrrole nitrogens is 1. The van der Waals surface area contributed by atoms with Crippen LogP contribution in [0.4, 0.5) is 10.5 Å². The van der Waals surface area contributed by atoms with Gasteiger partial charge in [0.2, 0.25) is 5.78 Å². The number of morpholine rings is 1. The normalized spacial score (nSPS) is 17.0. The van der Waals surface area contributed by atoms with E-state index in [1.807, 2.05) is 18.3 Å². The molecule has 3 N–H and O–H groups in total. The molecule has 1 fully saturated rings. The lowest BCUT2D eigenvalue weighted by Gasteiger charge is -2.26. The average molecular weight is 463 g/mol. The molecular formula is C25H26N4O5. The number of nitrogens with zero attached hydrogens (tertiary/aromatic N) is 1. The lowest BCUT2D eigenvalue weighted by Crippen LogP contribution is -2.35. The molecule has 2 aliphatic heterocycles. The molecule has 0 aliphatic carbocycles. The van der Waals surface area contributed by atoms with Crippen LogP contribution in [0, 0.1) is 0 Å². The van der Waals surface area contributed by atoms with E-state index in [0.717, 1.165) is 60.6 Å². The number of carbonyl (C=O) groups is 2. The van der Waals surface area contributed by atoms with Gasteiger partial charge in [0.05, 0.1) is 31.4 Å². The molecule has 5 rings (SSSR count). The number of anilines is 1. The van der Waals surface area contributed by atoms with Crippen LogP contribution in [0.15, 0.2) is 42.3 Å². The zero-order chi connectivity index (χ0) is 23.7. The Bertz CT molecular complexity index is 1290. The summed E-state index contributed by atoms with van der Waals surface area (Å²) in [4.78, 5) is 30.4. The van der Waals surface area contributed by atoms with E-state index in [1.165, 1.54) is 7.05 Å². The van der Waals surface area contributed by atoms with Crippen LogP contribution >= 0.6 is 0 Å². The summed E-state index contributed by atoms with van der Waals surface area (Å²) in [6, 6.07) is 8.63. The molecule has 0 bridgehead atoms. The standard InChI is InChI=1S/C25H26N4O5/c1-26-25(31)28-17-3-4-21-20(11-17)24(30)22(34-21)10-15-13-27-23-16(9-18(32-2)12-19(15)23)14-29-5-7-33-8-6-29/h3-4,9-13,27H,5-8,14H2,1-2H3,(H2,26,28,31)/b22-10-. The molecule has 0 unspecified atom stereocenters. The summed E-state index contributed by atoms with van der Waals surface area (Å²) >= 11 is 0. The van der Waals surface area contributed by atoms with Gasteiger partial charge < -0.3 is 29.8 Å².